The summed E-state index contributed by atoms with van der Waals surface area (Å²) in [4.78, 5) is 2.80. The highest BCUT2D eigenvalue weighted by atomic mass is 32.2. The van der Waals surface area contributed by atoms with Crippen LogP contribution in [0.4, 0.5) is 0 Å². The summed E-state index contributed by atoms with van der Waals surface area (Å²) in [5, 5.41) is 0. The van der Waals surface area contributed by atoms with E-state index in [-0.39, 0.29) is 0 Å². The highest BCUT2D eigenvalue weighted by Crippen LogP contribution is 2.04. The minimum Gasteiger partial charge on any atom is -0.427 e. The molecule has 0 aliphatic carbocycles. The molecule has 1 aromatic rings. The summed E-state index contributed by atoms with van der Waals surface area (Å²) in [5.41, 5.74) is 0. The summed E-state index contributed by atoms with van der Waals surface area (Å²) in [7, 11) is 0. The first kappa shape index (κ1) is 5.21. The zero-order valence-electron chi connectivity index (χ0n) is 3.30. The molecule has 0 aromatic carbocycles. The van der Waals surface area contributed by atoms with Gasteiger partial charge in [-0.2, -0.15) is 0 Å². The van der Waals surface area contributed by atoms with Crippen LogP contribution in [0.3, 0.4) is 0 Å². The number of aromatic nitrogens is 1. The van der Waals surface area contributed by atoms with E-state index < -0.39 is 0 Å². The maximum atomic E-state index is 4.75. The molecule has 1 aromatic heterocycles. The van der Waals surface area contributed by atoms with Gasteiger partial charge in [0.2, 0.25) is 0 Å². The third-order valence-corrected chi connectivity index (χ3v) is 1.86. The normalized spacial score (nSPS) is 9.14. The number of nitrogens with one attached hydrogen (secondary N) is 1. The minimum atomic E-state index is 0.755. The first-order valence-electron chi connectivity index (χ1n) is 1.64. The van der Waals surface area contributed by atoms with Crippen LogP contribution >= 0.6 is 23.6 Å². The summed E-state index contributed by atoms with van der Waals surface area (Å²) < 4.78 is 1.58. The van der Waals surface area contributed by atoms with E-state index in [1.54, 1.807) is 6.20 Å². The fourth-order valence-electron chi connectivity index (χ4n) is 0.268. The predicted octanol–water partition coefficient (Wildman–Crippen LogP) is 1.71. The molecule has 0 saturated heterocycles. The minimum absolute atomic E-state index is 0.755. The van der Waals surface area contributed by atoms with E-state index in [1.807, 2.05) is 0 Å². The van der Waals surface area contributed by atoms with Crippen LogP contribution in [0.1, 0.15) is 0 Å². The van der Waals surface area contributed by atoms with Gasteiger partial charge in [0.05, 0.1) is 3.95 Å². The number of hydrogen-bond acceptors (Lipinski definition) is 3. The highest BCUT2D eigenvalue weighted by Gasteiger charge is 1.68. The standard InChI is InChI=1S/C3H3NS3/c5-2-1-4-3(6)7-2/h1,5H,(H,4,6)/p-1. The molecule has 1 N–H and O–H groups in total. The Balaban J connectivity index is 3.30. The highest BCUT2D eigenvalue weighted by molar-refractivity contribution is 7.74. The van der Waals surface area contributed by atoms with E-state index in [2.05, 4.69) is 4.98 Å². The molecule has 0 bridgehead atoms. The molecule has 0 spiro atoms. The van der Waals surface area contributed by atoms with E-state index >= 15 is 0 Å². The van der Waals surface area contributed by atoms with Gasteiger partial charge in [0.1, 0.15) is 0 Å². The van der Waals surface area contributed by atoms with Gasteiger partial charge in [0, 0.05) is 0 Å². The van der Waals surface area contributed by atoms with Crippen LogP contribution in [0.5, 0.6) is 0 Å². The van der Waals surface area contributed by atoms with Gasteiger partial charge in [-0.1, -0.05) is 12.2 Å². The Bertz CT molecular complexity index is 198. The molecule has 38 valence electrons. The molecule has 0 unspecified atom stereocenters. The fourth-order valence-corrected chi connectivity index (χ4v) is 1.48. The average molecular weight is 148 g/mol. The lowest BCUT2D eigenvalue weighted by molar-refractivity contribution is 1.36. The lowest BCUT2D eigenvalue weighted by Gasteiger charge is -1.82. The van der Waals surface area contributed by atoms with Crippen molar-refractivity contribution in [2.45, 2.75) is 4.21 Å². The Hall–Kier alpha value is 0.0700. The second-order valence-corrected chi connectivity index (χ2v) is 3.41. The van der Waals surface area contributed by atoms with E-state index in [4.69, 9.17) is 24.8 Å². The van der Waals surface area contributed by atoms with Gasteiger partial charge in [0.25, 0.3) is 0 Å². The predicted molar refractivity (Wildman–Crippen MR) is 35.1 cm³/mol. The second-order valence-electron chi connectivity index (χ2n) is 0.997. The number of aromatic amines is 1. The molecule has 7 heavy (non-hydrogen) atoms. The maximum Gasteiger partial charge on any atom is 0.0621 e. The largest absolute Gasteiger partial charge is 0.427 e. The van der Waals surface area contributed by atoms with E-state index in [0.29, 0.717) is 0 Å². The first-order chi connectivity index (χ1) is 3.29. The molecule has 0 amide bonds. The van der Waals surface area contributed by atoms with Crippen molar-refractivity contribution in [2.75, 3.05) is 0 Å². The third kappa shape index (κ3) is 1.22. The quantitative estimate of drug-likeness (QED) is 0.445. The van der Waals surface area contributed by atoms with Crippen LogP contribution in [0.15, 0.2) is 10.4 Å². The van der Waals surface area contributed by atoms with E-state index in [9.17, 15) is 0 Å². The Morgan fingerprint density at radius 2 is 2.57 bits per heavy atom. The van der Waals surface area contributed by atoms with Gasteiger partial charge in [-0.3, -0.25) is 0 Å². The van der Waals surface area contributed by atoms with Crippen LogP contribution in [0, 0.1) is 3.95 Å². The van der Waals surface area contributed by atoms with Crippen molar-refractivity contribution in [3.63, 3.8) is 0 Å². The van der Waals surface area contributed by atoms with Crippen LogP contribution in [0.2, 0.25) is 0 Å². The van der Waals surface area contributed by atoms with Crippen molar-refractivity contribution >= 4 is 36.2 Å². The Labute approximate surface area is 55.8 Å². The second kappa shape index (κ2) is 1.90. The molecular formula is C3H2NS3-. The molecule has 0 fully saturated rings. The molecule has 0 aliphatic rings. The van der Waals surface area contributed by atoms with Crippen molar-refractivity contribution in [3.8, 4) is 0 Å². The zero-order chi connectivity index (χ0) is 5.28. The van der Waals surface area contributed by atoms with Crippen LogP contribution in [0.25, 0.3) is 0 Å². The van der Waals surface area contributed by atoms with Crippen molar-refractivity contribution in [1.29, 1.82) is 0 Å². The van der Waals surface area contributed by atoms with Gasteiger partial charge < -0.3 is 28.9 Å². The van der Waals surface area contributed by atoms with E-state index in [0.717, 1.165) is 8.16 Å². The molecule has 0 radical (unpaired) electrons. The summed E-state index contributed by atoms with van der Waals surface area (Å²) >= 11 is 10.9. The molecule has 4 heteroatoms. The number of thiazole rings is 1. The van der Waals surface area contributed by atoms with Crippen molar-refractivity contribution in [3.05, 3.63) is 10.2 Å². The van der Waals surface area contributed by atoms with Crippen LogP contribution < -0.4 is 0 Å². The number of rotatable bonds is 0. The lowest BCUT2D eigenvalue weighted by Crippen LogP contribution is -1.49. The molecule has 1 heterocycles. The zero-order valence-corrected chi connectivity index (χ0v) is 5.75. The first-order valence-corrected chi connectivity index (χ1v) is 3.28. The molecule has 1 rings (SSSR count). The SMILES string of the molecule is S=c1[nH]cc([S-])s1. The van der Waals surface area contributed by atoms with Gasteiger partial charge in [-0.15, -0.1) is 4.21 Å². The number of H-pyrrole nitrogens is 1. The molecule has 0 atom stereocenters. The smallest absolute Gasteiger partial charge is 0.0621 e. The molecule has 0 aliphatic heterocycles. The third-order valence-electron chi connectivity index (χ3n) is 0.501. The molecule has 1 nitrogen and oxygen atoms in total. The van der Waals surface area contributed by atoms with Crippen molar-refractivity contribution in [1.82, 2.24) is 4.98 Å². The summed E-state index contributed by atoms with van der Waals surface area (Å²) in [6.07, 6.45) is 1.72. The summed E-state index contributed by atoms with van der Waals surface area (Å²) in [6.45, 7) is 0. The fraction of sp³-hybridized carbons (Fsp3) is 0. The summed E-state index contributed by atoms with van der Waals surface area (Å²) in [6, 6.07) is 0. The topological polar surface area (TPSA) is 15.8 Å². The maximum absolute atomic E-state index is 4.75. The molecular weight excluding hydrogens is 146 g/mol. The van der Waals surface area contributed by atoms with Gasteiger partial charge >= 0.3 is 0 Å². The van der Waals surface area contributed by atoms with Crippen molar-refractivity contribution < 1.29 is 0 Å². The molecule has 0 saturated carbocycles. The lowest BCUT2D eigenvalue weighted by atomic mass is 11.0. The number of hydrogen-bond donors (Lipinski definition) is 1. The Morgan fingerprint density at radius 3 is 2.71 bits per heavy atom. The van der Waals surface area contributed by atoms with E-state index in [1.165, 1.54) is 11.3 Å². The van der Waals surface area contributed by atoms with Gasteiger partial charge in [-0.05, 0) is 6.20 Å². The van der Waals surface area contributed by atoms with Gasteiger partial charge in [0.15, 0.2) is 0 Å². The van der Waals surface area contributed by atoms with Crippen LogP contribution in [-0.2, 0) is 12.6 Å². The summed E-state index contributed by atoms with van der Waals surface area (Å²) in [5.74, 6) is 0. The van der Waals surface area contributed by atoms with Gasteiger partial charge in [-0.25, -0.2) is 0 Å². The Morgan fingerprint density at radius 1 is 1.86 bits per heavy atom. The monoisotopic (exact) mass is 148 g/mol. The average Bonchev–Trinajstić information content (AvgIpc) is 1.87. The Kier molecular flexibility index (Phi) is 1.41. The van der Waals surface area contributed by atoms with Crippen molar-refractivity contribution in [2.24, 2.45) is 0 Å². The van der Waals surface area contributed by atoms with Crippen LogP contribution in [-0.4, -0.2) is 4.98 Å².